The summed E-state index contributed by atoms with van der Waals surface area (Å²) < 4.78 is 0. The standard InChI is InChI=1S/C55H37N5/c1-5-17-40(18-6-1)50-37-51(41-19-7-2-8-20-41)57-52(56-50)44-33-29-38(30-34-44)46-25-13-15-27-48(46)49-28-16-14-26-47(49)39-31-35-45(36-32-39)55-59-53(42-21-9-3-10-22-42)58-54(60-55)43-23-11-4-12-24-43/h1-37H. The van der Waals surface area contributed by atoms with Crippen LogP contribution in [0.15, 0.2) is 224 Å². The molecule has 8 aromatic carbocycles. The molecular weight excluding hydrogens is 731 g/mol. The van der Waals surface area contributed by atoms with Gasteiger partial charge in [-0.3, -0.25) is 0 Å². The third kappa shape index (κ3) is 7.51. The number of aromatic nitrogens is 5. The molecule has 0 unspecified atom stereocenters. The second-order valence-electron chi connectivity index (χ2n) is 14.5. The fraction of sp³-hybridized carbons (Fsp3) is 0. The molecule has 0 aliphatic carbocycles. The Kier molecular flexibility index (Phi) is 9.88. The summed E-state index contributed by atoms with van der Waals surface area (Å²) in [5.74, 6) is 2.60. The highest BCUT2D eigenvalue weighted by molar-refractivity contribution is 5.92. The number of nitrogens with zero attached hydrogens (tertiary/aromatic N) is 5. The van der Waals surface area contributed by atoms with Gasteiger partial charge in [-0.2, -0.15) is 0 Å². The van der Waals surface area contributed by atoms with Gasteiger partial charge >= 0.3 is 0 Å². The summed E-state index contributed by atoms with van der Waals surface area (Å²) in [7, 11) is 0. The van der Waals surface area contributed by atoms with Crippen LogP contribution in [0.1, 0.15) is 0 Å². The second-order valence-corrected chi connectivity index (χ2v) is 14.5. The zero-order chi connectivity index (χ0) is 40.1. The van der Waals surface area contributed by atoms with Crippen LogP contribution in [0.4, 0.5) is 0 Å². The van der Waals surface area contributed by atoms with Crippen molar-refractivity contribution in [3.8, 4) is 101 Å². The summed E-state index contributed by atoms with van der Waals surface area (Å²) in [6, 6.07) is 77.1. The number of hydrogen-bond acceptors (Lipinski definition) is 5. The lowest BCUT2D eigenvalue weighted by atomic mass is 9.89. The van der Waals surface area contributed by atoms with E-state index < -0.39 is 0 Å². The molecule has 0 atom stereocenters. The van der Waals surface area contributed by atoms with E-state index in [1.54, 1.807) is 0 Å². The Balaban J connectivity index is 0.985. The maximum Gasteiger partial charge on any atom is 0.164 e. The van der Waals surface area contributed by atoms with Gasteiger partial charge in [-0.05, 0) is 39.4 Å². The van der Waals surface area contributed by atoms with Gasteiger partial charge in [-0.25, -0.2) is 24.9 Å². The molecule has 2 heterocycles. The summed E-state index contributed by atoms with van der Waals surface area (Å²) in [5.41, 5.74) is 14.4. The molecule has 0 fully saturated rings. The molecule has 0 aliphatic rings. The van der Waals surface area contributed by atoms with Crippen molar-refractivity contribution >= 4 is 0 Å². The summed E-state index contributed by atoms with van der Waals surface area (Å²) in [6.45, 7) is 0. The van der Waals surface area contributed by atoms with E-state index in [1.807, 2.05) is 97.1 Å². The van der Waals surface area contributed by atoms with Gasteiger partial charge in [0, 0.05) is 33.4 Å². The number of benzene rings is 8. The van der Waals surface area contributed by atoms with E-state index in [1.165, 1.54) is 0 Å². The van der Waals surface area contributed by atoms with Crippen LogP contribution in [0.25, 0.3) is 101 Å². The minimum Gasteiger partial charge on any atom is -0.228 e. The van der Waals surface area contributed by atoms with Crippen LogP contribution in [0, 0.1) is 0 Å². The summed E-state index contributed by atoms with van der Waals surface area (Å²) in [6.07, 6.45) is 0. The van der Waals surface area contributed by atoms with Crippen LogP contribution in [0.3, 0.4) is 0 Å². The minimum absolute atomic E-state index is 0.629. The molecule has 0 saturated carbocycles. The third-order valence-corrected chi connectivity index (χ3v) is 10.6. The third-order valence-electron chi connectivity index (χ3n) is 10.6. The number of rotatable bonds is 9. The molecular formula is C55H37N5. The SMILES string of the molecule is c1ccc(-c2cc(-c3ccccc3)nc(-c3ccc(-c4ccccc4-c4ccccc4-c4ccc(-c5nc(-c6ccccc6)nc(-c6ccccc6)n5)cc4)cc3)n2)cc1. The average molecular weight is 768 g/mol. The van der Waals surface area contributed by atoms with Gasteiger partial charge in [0.05, 0.1) is 11.4 Å². The molecule has 60 heavy (non-hydrogen) atoms. The summed E-state index contributed by atoms with van der Waals surface area (Å²) >= 11 is 0. The van der Waals surface area contributed by atoms with E-state index in [4.69, 9.17) is 24.9 Å². The lowest BCUT2D eigenvalue weighted by molar-refractivity contribution is 1.07. The van der Waals surface area contributed by atoms with Crippen LogP contribution in [0.2, 0.25) is 0 Å². The first-order valence-electron chi connectivity index (χ1n) is 20.0. The van der Waals surface area contributed by atoms with Crippen molar-refractivity contribution in [3.05, 3.63) is 224 Å². The van der Waals surface area contributed by atoms with E-state index in [9.17, 15) is 0 Å². The smallest absolute Gasteiger partial charge is 0.164 e. The van der Waals surface area contributed by atoms with Gasteiger partial charge in [0.15, 0.2) is 23.3 Å². The zero-order valence-corrected chi connectivity index (χ0v) is 32.6. The molecule has 0 bridgehead atoms. The fourth-order valence-electron chi connectivity index (χ4n) is 7.56. The molecule has 10 rings (SSSR count). The van der Waals surface area contributed by atoms with Gasteiger partial charge in [0.25, 0.3) is 0 Å². The Morgan fingerprint density at radius 2 is 0.433 bits per heavy atom. The van der Waals surface area contributed by atoms with Gasteiger partial charge in [0.1, 0.15) is 0 Å². The highest BCUT2D eigenvalue weighted by Gasteiger charge is 2.16. The van der Waals surface area contributed by atoms with Crippen LogP contribution in [0.5, 0.6) is 0 Å². The minimum atomic E-state index is 0.629. The van der Waals surface area contributed by atoms with Crippen molar-refractivity contribution in [2.75, 3.05) is 0 Å². The van der Waals surface area contributed by atoms with Gasteiger partial charge in [-0.1, -0.05) is 218 Å². The molecule has 0 amide bonds. The summed E-state index contributed by atoms with van der Waals surface area (Å²) in [5, 5.41) is 0. The molecule has 0 saturated heterocycles. The quantitative estimate of drug-likeness (QED) is 0.146. The molecule has 5 nitrogen and oxygen atoms in total. The average Bonchev–Trinajstić information content (AvgIpc) is 3.35. The Morgan fingerprint density at radius 3 is 0.783 bits per heavy atom. The molecule has 0 N–H and O–H groups in total. The molecule has 0 radical (unpaired) electrons. The van der Waals surface area contributed by atoms with Crippen molar-refractivity contribution in [2.24, 2.45) is 0 Å². The van der Waals surface area contributed by atoms with Gasteiger partial charge in [0.2, 0.25) is 0 Å². The van der Waals surface area contributed by atoms with Gasteiger partial charge in [-0.15, -0.1) is 0 Å². The first kappa shape index (κ1) is 36.2. The van der Waals surface area contributed by atoms with Gasteiger partial charge < -0.3 is 0 Å². The van der Waals surface area contributed by atoms with Crippen LogP contribution >= 0.6 is 0 Å². The van der Waals surface area contributed by atoms with Crippen molar-refractivity contribution in [1.82, 2.24) is 24.9 Å². The maximum atomic E-state index is 5.05. The Hall–Kier alpha value is -8.15. The predicted octanol–water partition coefficient (Wildman–Crippen LogP) is 13.7. The van der Waals surface area contributed by atoms with E-state index in [2.05, 4.69) is 127 Å². The lowest BCUT2D eigenvalue weighted by Gasteiger charge is -2.15. The highest BCUT2D eigenvalue weighted by atomic mass is 15.0. The Morgan fingerprint density at radius 1 is 0.183 bits per heavy atom. The van der Waals surface area contributed by atoms with Crippen LogP contribution < -0.4 is 0 Å². The van der Waals surface area contributed by atoms with Crippen molar-refractivity contribution < 1.29 is 0 Å². The van der Waals surface area contributed by atoms with E-state index in [0.717, 1.165) is 78.1 Å². The molecule has 2 aromatic heterocycles. The molecule has 0 spiro atoms. The Labute approximate surface area is 349 Å². The maximum absolute atomic E-state index is 5.05. The van der Waals surface area contributed by atoms with Crippen LogP contribution in [-0.4, -0.2) is 24.9 Å². The molecule has 0 aliphatic heterocycles. The predicted molar refractivity (Wildman–Crippen MR) is 244 cm³/mol. The van der Waals surface area contributed by atoms with Crippen molar-refractivity contribution in [2.45, 2.75) is 0 Å². The molecule has 10 aromatic rings. The normalized spacial score (nSPS) is 11.0. The molecule has 282 valence electrons. The lowest BCUT2D eigenvalue weighted by Crippen LogP contribution is -2.00. The topological polar surface area (TPSA) is 64.5 Å². The number of hydrogen-bond donors (Lipinski definition) is 0. The monoisotopic (exact) mass is 767 g/mol. The summed E-state index contributed by atoms with van der Waals surface area (Å²) in [4.78, 5) is 24.9. The Bertz CT molecular complexity index is 2720. The largest absolute Gasteiger partial charge is 0.228 e. The van der Waals surface area contributed by atoms with Crippen molar-refractivity contribution in [1.29, 1.82) is 0 Å². The highest BCUT2D eigenvalue weighted by Crippen LogP contribution is 2.39. The van der Waals surface area contributed by atoms with Crippen LogP contribution in [-0.2, 0) is 0 Å². The van der Waals surface area contributed by atoms with Crippen molar-refractivity contribution in [3.63, 3.8) is 0 Å². The fourth-order valence-corrected chi connectivity index (χ4v) is 7.56. The first-order chi connectivity index (χ1) is 29.7. The van der Waals surface area contributed by atoms with E-state index in [0.29, 0.717) is 23.3 Å². The first-order valence-corrected chi connectivity index (χ1v) is 20.0. The zero-order valence-electron chi connectivity index (χ0n) is 32.6. The molecule has 5 heteroatoms. The second kappa shape index (κ2) is 16.4. The van der Waals surface area contributed by atoms with E-state index >= 15 is 0 Å². The van der Waals surface area contributed by atoms with E-state index in [-0.39, 0.29) is 0 Å².